The summed E-state index contributed by atoms with van der Waals surface area (Å²) >= 11 is 9.56. The zero-order valence-electron chi connectivity index (χ0n) is 18.8. The Balaban J connectivity index is 2.35. The van der Waals surface area contributed by atoms with Crippen molar-refractivity contribution in [2.24, 2.45) is 21.5 Å². The van der Waals surface area contributed by atoms with Crippen molar-refractivity contribution < 1.29 is 19.3 Å². The lowest BCUT2D eigenvalue weighted by atomic mass is 10.1. The van der Waals surface area contributed by atoms with Crippen molar-refractivity contribution >= 4 is 44.9 Å². The molecule has 3 unspecified atom stereocenters. The van der Waals surface area contributed by atoms with Crippen molar-refractivity contribution in [2.45, 2.75) is 45.6 Å². The standard InChI is InChI=1S/C23H30BrClN4O4/c1-4-31-23(16-8-6-5-7-9-16)33-15(3)32-21(20(30)13-26)22(28-14(2)27)29-19-12-17(25)10-11-18(19)24/h5-12,15,20-21,23,30H,4,13,26H2,1-3H3,(H2,27,28,29)/t15?,20-,21?,23?/m0/s1. The van der Waals surface area contributed by atoms with Gasteiger partial charge < -0.3 is 30.8 Å². The first-order valence-corrected chi connectivity index (χ1v) is 11.6. The third-order valence-corrected chi connectivity index (χ3v) is 5.23. The van der Waals surface area contributed by atoms with Crippen LogP contribution in [0.5, 0.6) is 0 Å². The molecule has 0 fully saturated rings. The zero-order chi connectivity index (χ0) is 24.4. The number of hydrogen-bond donors (Lipinski definition) is 3. The molecule has 10 heteroatoms. The molecule has 33 heavy (non-hydrogen) atoms. The molecule has 0 aliphatic carbocycles. The second-order valence-corrected chi connectivity index (χ2v) is 8.37. The largest absolute Gasteiger partial charge is 0.389 e. The van der Waals surface area contributed by atoms with Gasteiger partial charge in [0.1, 0.15) is 6.10 Å². The van der Waals surface area contributed by atoms with Crippen molar-refractivity contribution in [3.8, 4) is 0 Å². The Labute approximate surface area is 207 Å². The first-order valence-electron chi connectivity index (χ1n) is 10.4. The van der Waals surface area contributed by atoms with Gasteiger partial charge in [-0.05, 0) is 54.9 Å². The van der Waals surface area contributed by atoms with Gasteiger partial charge in [0, 0.05) is 28.2 Å². The molecule has 0 bridgehead atoms. The average molecular weight is 542 g/mol. The maximum atomic E-state index is 10.6. The highest BCUT2D eigenvalue weighted by Gasteiger charge is 2.29. The fourth-order valence-corrected chi connectivity index (χ4v) is 3.36. The topological polar surface area (TPSA) is 125 Å². The molecule has 0 aromatic heterocycles. The molecule has 2 aromatic rings. The zero-order valence-corrected chi connectivity index (χ0v) is 21.2. The molecule has 0 radical (unpaired) electrons. The quantitative estimate of drug-likeness (QED) is 0.221. The van der Waals surface area contributed by atoms with Crippen LogP contribution in [0.4, 0.5) is 5.69 Å². The van der Waals surface area contributed by atoms with Crippen LogP contribution >= 0.6 is 27.5 Å². The second-order valence-electron chi connectivity index (χ2n) is 7.08. The van der Waals surface area contributed by atoms with Gasteiger partial charge in [0.2, 0.25) is 0 Å². The van der Waals surface area contributed by atoms with Crippen LogP contribution in [0.3, 0.4) is 0 Å². The van der Waals surface area contributed by atoms with E-state index in [-0.39, 0.29) is 18.2 Å². The molecule has 0 amide bonds. The number of nitrogens with zero attached hydrogens (tertiary/aromatic N) is 2. The Morgan fingerprint density at radius 1 is 1.18 bits per heavy atom. The van der Waals surface area contributed by atoms with E-state index in [0.29, 0.717) is 21.8 Å². The summed E-state index contributed by atoms with van der Waals surface area (Å²) < 4.78 is 18.4. The minimum Gasteiger partial charge on any atom is -0.389 e. The molecule has 0 aliphatic rings. The Hall–Kier alpha value is -1.85. The minimum absolute atomic E-state index is 0.0974. The molecule has 2 aromatic carbocycles. The van der Waals surface area contributed by atoms with Crippen LogP contribution in [-0.4, -0.2) is 48.4 Å². The van der Waals surface area contributed by atoms with E-state index in [1.807, 2.05) is 37.3 Å². The van der Waals surface area contributed by atoms with E-state index < -0.39 is 24.8 Å². The SMILES string of the molecule is CCOC(OC(C)OC(C(N=C(C)N)=Nc1cc(Cl)ccc1Br)[C@@H](O)CN)c1ccccc1. The fraction of sp³-hybridized carbons (Fsp3) is 0.391. The molecule has 0 heterocycles. The number of aliphatic hydroxyl groups excluding tert-OH is 1. The van der Waals surface area contributed by atoms with E-state index in [4.69, 9.17) is 37.3 Å². The minimum atomic E-state index is -1.13. The first-order chi connectivity index (χ1) is 15.7. The smallest absolute Gasteiger partial charge is 0.186 e. The predicted molar refractivity (Wildman–Crippen MR) is 135 cm³/mol. The van der Waals surface area contributed by atoms with E-state index in [0.717, 1.165) is 5.56 Å². The molecule has 0 aliphatic heterocycles. The Morgan fingerprint density at radius 2 is 1.88 bits per heavy atom. The highest BCUT2D eigenvalue weighted by atomic mass is 79.9. The van der Waals surface area contributed by atoms with Gasteiger partial charge in [0.05, 0.1) is 17.6 Å². The van der Waals surface area contributed by atoms with Crippen LogP contribution in [0.1, 0.15) is 32.6 Å². The number of benzene rings is 2. The van der Waals surface area contributed by atoms with Crippen LogP contribution in [0.2, 0.25) is 5.02 Å². The van der Waals surface area contributed by atoms with Crippen LogP contribution in [-0.2, 0) is 14.2 Å². The third kappa shape index (κ3) is 8.78. The molecule has 0 saturated carbocycles. The van der Waals surface area contributed by atoms with E-state index in [9.17, 15) is 5.11 Å². The highest BCUT2D eigenvalue weighted by molar-refractivity contribution is 9.10. The van der Waals surface area contributed by atoms with Gasteiger partial charge >= 0.3 is 0 Å². The number of ether oxygens (including phenoxy) is 3. The van der Waals surface area contributed by atoms with Crippen LogP contribution < -0.4 is 11.5 Å². The normalized spacial score (nSPS) is 16.3. The Morgan fingerprint density at radius 3 is 2.48 bits per heavy atom. The maximum absolute atomic E-state index is 10.6. The van der Waals surface area contributed by atoms with Crippen LogP contribution in [0.25, 0.3) is 0 Å². The maximum Gasteiger partial charge on any atom is 0.186 e. The van der Waals surface area contributed by atoms with Gasteiger partial charge in [-0.1, -0.05) is 41.9 Å². The van der Waals surface area contributed by atoms with E-state index >= 15 is 0 Å². The van der Waals surface area contributed by atoms with Gasteiger partial charge in [-0.25, -0.2) is 9.98 Å². The van der Waals surface area contributed by atoms with Crippen molar-refractivity contribution in [3.05, 3.63) is 63.6 Å². The van der Waals surface area contributed by atoms with E-state index in [2.05, 4.69) is 25.9 Å². The molecule has 0 spiro atoms. The number of amidine groups is 2. The summed E-state index contributed by atoms with van der Waals surface area (Å²) in [6, 6.07) is 14.6. The molecule has 8 nitrogen and oxygen atoms in total. The molecular weight excluding hydrogens is 512 g/mol. The summed E-state index contributed by atoms with van der Waals surface area (Å²) in [7, 11) is 0. The van der Waals surface area contributed by atoms with Crippen molar-refractivity contribution in [1.29, 1.82) is 0 Å². The number of rotatable bonds is 11. The molecule has 4 atom stereocenters. The first kappa shape index (κ1) is 27.4. The van der Waals surface area contributed by atoms with Crippen molar-refractivity contribution in [1.82, 2.24) is 0 Å². The summed E-state index contributed by atoms with van der Waals surface area (Å²) in [5.41, 5.74) is 12.9. The third-order valence-electron chi connectivity index (χ3n) is 4.32. The average Bonchev–Trinajstić information content (AvgIpc) is 2.79. The Bertz CT molecular complexity index is 941. The number of hydrogen-bond acceptors (Lipinski definition) is 6. The van der Waals surface area contributed by atoms with Crippen molar-refractivity contribution in [3.63, 3.8) is 0 Å². The monoisotopic (exact) mass is 540 g/mol. The number of aliphatic imine (C=N–C) groups is 2. The lowest BCUT2D eigenvalue weighted by molar-refractivity contribution is -0.253. The van der Waals surface area contributed by atoms with Crippen LogP contribution in [0, 0.1) is 0 Å². The molecule has 0 saturated heterocycles. The van der Waals surface area contributed by atoms with E-state index in [1.165, 1.54) is 0 Å². The highest BCUT2D eigenvalue weighted by Crippen LogP contribution is 2.30. The van der Waals surface area contributed by atoms with E-state index in [1.54, 1.807) is 32.0 Å². The molecule has 2 rings (SSSR count). The Kier molecular flexibility index (Phi) is 11.4. The summed E-state index contributed by atoms with van der Waals surface area (Å²) in [6.45, 7) is 5.51. The van der Waals surface area contributed by atoms with Gasteiger partial charge in [-0.2, -0.15) is 0 Å². The number of aliphatic hydroxyl groups is 1. The van der Waals surface area contributed by atoms with Gasteiger partial charge in [0.15, 0.2) is 18.4 Å². The van der Waals surface area contributed by atoms with Gasteiger partial charge in [-0.15, -0.1) is 0 Å². The fourth-order valence-electron chi connectivity index (χ4n) is 2.86. The summed E-state index contributed by atoms with van der Waals surface area (Å²) in [4.78, 5) is 8.84. The molecule has 5 N–H and O–H groups in total. The predicted octanol–water partition coefficient (Wildman–Crippen LogP) is 4.31. The molecular formula is C23H30BrClN4O4. The number of nitrogens with two attached hydrogens (primary N) is 2. The van der Waals surface area contributed by atoms with Gasteiger partial charge in [-0.3, -0.25) is 0 Å². The summed E-state index contributed by atoms with van der Waals surface area (Å²) in [5, 5.41) is 11.1. The lowest BCUT2D eigenvalue weighted by Crippen LogP contribution is -2.43. The summed E-state index contributed by atoms with van der Waals surface area (Å²) in [5.74, 6) is 0.355. The number of halogens is 2. The second kappa shape index (κ2) is 13.8. The lowest BCUT2D eigenvalue weighted by Gasteiger charge is -2.28. The molecule has 180 valence electrons. The van der Waals surface area contributed by atoms with Gasteiger partial charge in [0.25, 0.3) is 0 Å². The summed E-state index contributed by atoms with van der Waals surface area (Å²) in [6.07, 6.45) is -3.64. The van der Waals surface area contributed by atoms with Crippen LogP contribution in [0.15, 0.2) is 63.0 Å². The van der Waals surface area contributed by atoms with Crippen molar-refractivity contribution in [2.75, 3.05) is 13.2 Å².